The molecular formula is C14H19ClN2O4. The molecule has 0 bridgehead atoms. The van der Waals surface area contributed by atoms with Gasteiger partial charge in [0.15, 0.2) is 11.5 Å². The maximum atomic E-state index is 12.1. The number of amides is 1. The fraction of sp³-hybridized carbons (Fsp3) is 0.500. The van der Waals surface area contributed by atoms with Gasteiger partial charge in [-0.2, -0.15) is 0 Å². The summed E-state index contributed by atoms with van der Waals surface area (Å²) in [6.07, 6.45) is 1.11. The number of anilines is 1. The third-order valence-corrected chi connectivity index (χ3v) is 3.47. The molecule has 21 heavy (non-hydrogen) atoms. The highest BCUT2D eigenvalue weighted by Gasteiger charge is 2.30. The number of fused-ring (bicyclic) bond motifs is 1. The molecule has 0 spiro atoms. The second-order valence-corrected chi connectivity index (χ2v) is 4.91. The zero-order valence-electron chi connectivity index (χ0n) is 11.5. The van der Waals surface area contributed by atoms with Crippen LogP contribution in [0, 0.1) is 0 Å². The Balaban J connectivity index is 0.00000161. The van der Waals surface area contributed by atoms with Crippen molar-refractivity contribution in [3.63, 3.8) is 0 Å². The number of rotatable bonds is 3. The molecule has 0 saturated carbocycles. The van der Waals surface area contributed by atoms with Crippen LogP contribution in [0.3, 0.4) is 0 Å². The lowest BCUT2D eigenvalue weighted by Crippen LogP contribution is -2.29. The van der Waals surface area contributed by atoms with Crippen LogP contribution >= 0.6 is 12.4 Å². The first-order valence-corrected chi connectivity index (χ1v) is 6.82. The Bertz CT molecular complexity index is 512. The SMILES string of the molecule is Cl.NC[C@H]1CC[C@@H](C(=O)Nc2ccc3c(c2)OCCO3)O1. The number of halogens is 1. The van der Waals surface area contributed by atoms with Crippen LogP contribution in [0.1, 0.15) is 12.8 Å². The lowest BCUT2D eigenvalue weighted by atomic mass is 10.2. The van der Waals surface area contributed by atoms with Gasteiger partial charge in [0.05, 0.1) is 6.10 Å². The summed E-state index contributed by atoms with van der Waals surface area (Å²) < 4.78 is 16.5. The van der Waals surface area contributed by atoms with E-state index >= 15 is 0 Å². The maximum absolute atomic E-state index is 12.1. The van der Waals surface area contributed by atoms with Crippen molar-refractivity contribution >= 4 is 24.0 Å². The predicted octanol–water partition coefficient (Wildman–Crippen LogP) is 1.32. The van der Waals surface area contributed by atoms with Gasteiger partial charge in [-0.15, -0.1) is 12.4 Å². The van der Waals surface area contributed by atoms with Crippen molar-refractivity contribution in [3.8, 4) is 11.5 Å². The summed E-state index contributed by atoms with van der Waals surface area (Å²) in [5.41, 5.74) is 6.22. The Hall–Kier alpha value is -1.50. The maximum Gasteiger partial charge on any atom is 0.253 e. The molecule has 3 rings (SSSR count). The molecule has 1 aromatic rings. The van der Waals surface area contributed by atoms with Gasteiger partial charge >= 0.3 is 0 Å². The Kier molecular flexibility index (Phi) is 5.27. The lowest BCUT2D eigenvalue weighted by molar-refractivity contribution is -0.126. The van der Waals surface area contributed by atoms with Crippen molar-refractivity contribution < 1.29 is 19.0 Å². The van der Waals surface area contributed by atoms with Gasteiger partial charge in [-0.1, -0.05) is 0 Å². The third-order valence-electron chi connectivity index (χ3n) is 3.47. The molecular weight excluding hydrogens is 296 g/mol. The van der Waals surface area contributed by atoms with Crippen LogP contribution in [0.15, 0.2) is 18.2 Å². The highest BCUT2D eigenvalue weighted by molar-refractivity contribution is 5.94. The zero-order valence-corrected chi connectivity index (χ0v) is 12.4. The summed E-state index contributed by atoms with van der Waals surface area (Å²) in [4.78, 5) is 12.1. The van der Waals surface area contributed by atoms with Gasteiger partial charge < -0.3 is 25.3 Å². The first kappa shape index (κ1) is 15.9. The highest BCUT2D eigenvalue weighted by atomic mass is 35.5. The average molecular weight is 315 g/mol. The van der Waals surface area contributed by atoms with E-state index in [0.29, 0.717) is 43.4 Å². The Morgan fingerprint density at radius 2 is 2.00 bits per heavy atom. The second-order valence-electron chi connectivity index (χ2n) is 4.91. The van der Waals surface area contributed by atoms with Crippen LogP contribution in [0.2, 0.25) is 0 Å². The number of carbonyl (C=O) groups excluding carboxylic acids is 1. The number of nitrogens with one attached hydrogen (secondary N) is 1. The van der Waals surface area contributed by atoms with Gasteiger partial charge in [0, 0.05) is 18.3 Å². The van der Waals surface area contributed by atoms with E-state index in [9.17, 15) is 4.79 Å². The monoisotopic (exact) mass is 314 g/mol. The van der Waals surface area contributed by atoms with Crippen LogP contribution in [0.25, 0.3) is 0 Å². The van der Waals surface area contributed by atoms with E-state index < -0.39 is 6.10 Å². The van der Waals surface area contributed by atoms with Crippen LogP contribution in [0.4, 0.5) is 5.69 Å². The van der Waals surface area contributed by atoms with Crippen LogP contribution in [-0.2, 0) is 9.53 Å². The summed E-state index contributed by atoms with van der Waals surface area (Å²) >= 11 is 0. The Morgan fingerprint density at radius 3 is 2.71 bits per heavy atom. The number of nitrogens with two attached hydrogens (primary N) is 1. The highest BCUT2D eigenvalue weighted by Crippen LogP contribution is 2.32. The first-order valence-electron chi connectivity index (χ1n) is 6.82. The Labute approximate surface area is 129 Å². The number of ether oxygens (including phenoxy) is 3. The van der Waals surface area contributed by atoms with Crippen molar-refractivity contribution in [2.45, 2.75) is 25.0 Å². The largest absolute Gasteiger partial charge is 0.486 e. The lowest BCUT2D eigenvalue weighted by Gasteiger charge is -2.19. The molecule has 2 aliphatic rings. The van der Waals surface area contributed by atoms with E-state index in [1.807, 2.05) is 0 Å². The van der Waals surface area contributed by atoms with E-state index in [4.69, 9.17) is 19.9 Å². The summed E-state index contributed by atoms with van der Waals surface area (Å²) in [7, 11) is 0. The van der Waals surface area contributed by atoms with E-state index in [2.05, 4.69) is 5.32 Å². The van der Waals surface area contributed by atoms with Crippen LogP contribution in [-0.4, -0.2) is 37.9 Å². The molecule has 3 N–H and O–H groups in total. The van der Waals surface area contributed by atoms with Gasteiger partial charge in [0.2, 0.25) is 0 Å². The number of carbonyl (C=O) groups is 1. The predicted molar refractivity (Wildman–Crippen MR) is 80.3 cm³/mol. The fourth-order valence-corrected chi connectivity index (χ4v) is 2.42. The van der Waals surface area contributed by atoms with Crippen molar-refractivity contribution in [3.05, 3.63) is 18.2 Å². The van der Waals surface area contributed by atoms with Gasteiger partial charge in [0.1, 0.15) is 19.3 Å². The van der Waals surface area contributed by atoms with Gasteiger partial charge in [-0.05, 0) is 25.0 Å². The average Bonchev–Trinajstić information content (AvgIpc) is 2.96. The molecule has 6 nitrogen and oxygen atoms in total. The molecule has 0 aromatic heterocycles. The summed E-state index contributed by atoms with van der Waals surface area (Å²) in [5, 5.41) is 2.84. The van der Waals surface area contributed by atoms with Crippen LogP contribution in [0.5, 0.6) is 11.5 Å². The first-order chi connectivity index (χ1) is 9.76. The summed E-state index contributed by atoms with van der Waals surface area (Å²) in [6.45, 7) is 1.53. The molecule has 116 valence electrons. The molecule has 2 aliphatic heterocycles. The quantitative estimate of drug-likeness (QED) is 0.879. The zero-order chi connectivity index (χ0) is 13.9. The molecule has 0 aliphatic carbocycles. The third kappa shape index (κ3) is 3.58. The standard InChI is InChI=1S/C14H18N2O4.ClH/c15-8-10-2-4-12(20-10)14(17)16-9-1-3-11-13(7-9)19-6-5-18-11;/h1,3,7,10,12H,2,4-6,8,15H2,(H,16,17);1H/t10-,12+;/m1./s1. The van der Waals surface area contributed by atoms with Gasteiger partial charge in [0.25, 0.3) is 5.91 Å². The molecule has 0 radical (unpaired) electrons. The molecule has 2 atom stereocenters. The smallest absolute Gasteiger partial charge is 0.253 e. The molecule has 1 saturated heterocycles. The van der Waals surface area contributed by atoms with E-state index in [1.165, 1.54) is 0 Å². The number of benzene rings is 1. The van der Waals surface area contributed by atoms with Gasteiger partial charge in [-0.25, -0.2) is 0 Å². The fourth-order valence-electron chi connectivity index (χ4n) is 2.42. The molecule has 1 aromatic carbocycles. The van der Waals surface area contributed by atoms with Crippen molar-refractivity contribution in [1.82, 2.24) is 0 Å². The molecule has 7 heteroatoms. The van der Waals surface area contributed by atoms with E-state index in [1.54, 1.807) is 18.2 Å². The molecule has 1 amide bonds. The molecule has 2 heterocycles. The Morgan fingerprint density at radius 1 is 1.24 bits per heavy atom. The number of hydrogen-bond acceptors (Lipinski definition) is 5. The summed E-state index contributed by atoms with van der Waals surface area (Å²) in [6, 6.07) is 5.35. The van der Waals surface area contributed by atoms with Crippen molar-refractivity contribution in [2.24, 2.45) is 5.73 Å². The van der Waals surface area contributed by atoms with Crippen molar-refractivity contribution in [2.75, 3.05) is 25.1 Å². The number of hydrogen-bond donors (Lipinski definition) is 2. The topological polar surface area (TPSA) is 82.8 Å². The minimum absolute atomic E-state index is 0. The van der Waals surface area contributed by atoms with Gasteiger partial charge in [-0.3, -0.25) is 4.79 Å². The molecule has 0 unspecified atom stereocenters. The summed E-state index contributed by atoms with van der Waals surface area (Å²) in [5.74, 6) is 1.22. The normalized spacial score (nSPS) is 23.3. The van der Waals surface area contributed by atoms with Crippen LogP contribution < -0.4 is 20.5 Å². The minimum atomic E-state index is -0.420. The molecule has 1 fully saturated rings. The van der Waals surface area contributed by atoms with E-state index in [0.717, 1.165) is 6.42 Å². The van der Waals surface area contributed by atoms with E-state index in [-0.39, 0.29) is 24.4 Å². The minimum Gasteiger partial charge on any atom is -0.486 e. The second kappa shape index (κ2) is 6.98. The van der Waals surface area contributed by atoms with Crippen molar-refractivity contribution in [1.29, 1.82) is 0 Å².